The number of benzene rings is 1. The van der Waals surface area contributed by atoms with Gasteiger partial charge in [-0.1, -0.05) is 36.4 Å². The second-order valence-corrected chi connectivity index (χ2v) is 8.31. The Bertz CT molecular complexity index is 836. The molecule has 2 heterocycles. The van der Waals surface area contributed by atoms with Crippen LogP contribution in [0.2, 0.25) is 0 Å². The molecule has 0 aliphatic carbocycles. The Kier molecular flexibility index (Phi) is 4.56. The monoisotopic (exact) mass is 344 g/mol. The number of sulfonamides is 1. The molecule has 0 saturated heterocycles. The molecule has 1 N–H and O–H groups in total. The van der Waals surface area contributed by atoms with E-state index in [0.29, 0.717) is 9.90 Å². The van der Waals surface area contributed by atoms with E-state index < -0.39 is 16.1 Å². The summed E-state index contributed by atoms with van der Waals surface area (Å²) >= 11 is 1.26. The first-order valence-electron chi connectivity index (χ1n) is 7.11. The molecule has 0 amide bonds. The first-order chi connectivity index (χ1) is 11.1. The largest absolute Gasteiger partial charge is 0.259 e. The van der Waals surface area contributed by atoms with Crippen molar-refractivity contribution in [2.45, 2.75) is 17.2 Å². The number of aryl methyl sites for hydroxylation is 1. The van der Waals surface area contributed by atoms with Crippen molar-refractivity contribution in [3.63, 3.8) is 0 Å². The van der Waals surface area contributed by atoms with E-state index >= 15 is 0 Å². The van der Waals surface area contributed by atoms with Crippen LogP contribution in [0, 0.1) is 6.92 Å². The molecule has 0 radical (unpaired) electrons. The van der Waals surface area contributed by atoms with Gasteiger partial charge in [-0.25, -0.2) is 8.42 Å². The summed E-state index contributed by atoms with van der Waals surface area (Å²) in [6.07, 6.45) is 1.66. The molecule has 23 heavy (non-hydrogen) atoms. The summed E-state index contributed by atoms with van der Waals surface area (Å²) in [5.41, 5.74) is 1.51. The molecule has 3 rings (SSSR count). The van der Waals surface area contributed by atoms with Crippen molar-refractivity contribution in [3.05, 3.63) is 83.0 Å². The lowest BCUT2D eigenvalue weighted by Gasteiger charge is -2.18. The van der Waals surface area contributed by atoms with Crippen molar-refractivity contribution in [3.8, 4) is 0 Å². The summed E-state index contributed by atoms with van der Waals surface area (Å²) in [5.74, 6) is 0. The zero-order chi connectivity index (χ0) is 16.3. The van der Waals surface area contributed by atoms with Gasteiger partial charge in [0.25, 0.3) is 10.0 Å². The zero-order valence-electron chi connectivity index (χ0n) is 12.5. The summed E-state index contributed by atoms with van der Waals surface area (Å²) in [5, 5.41) is 0. The van der Waals surface area contributed by atoms with Crippen LogP contribution >= 0.6 is 11.3 Å². The molecule has 0 spiro atoms. The van der Waals surface area contributed by atoms with Gasteiger partial charge >= 0.3 is 0 Å². The topological polar surface area (TPSA) is 59.1 Å². The van der Waals surface area contributed by atoms with Crippen LogP contribution < -0.4 is 4.72 Å². The Morgan fingerprint density at radius 1 is 1.00 bits per heavy atom. The van der Waals surface area contributed by atoms with Gasteiger partial charge in [-0.3, -0.25) is 4.98 Å². The first-order valence-corrected chi connectivity index (χ1v) is 9.41. The third-order valence-corrected chi connectivity index (χ3v) is 6.29. The molecule has 1 aromatic carbocycles. The number of nitrogens with zero attached hydrogens (tertiary/aromatic N) is 1. The molecule has 6 heteroatoms. The van der Waals surface area contributed by atoms with Gasteiger partial charge in [0.05, 0.1) is 11.7 Å². The van der Waals surface area contributed by atoms with Crippen LogP contribution in [0.1, 0.15) is 22.2 Å². The highest BCUT2D eigenvalue weighted by Crippen LogP contribution is 2.26. The second-order valence-electron chi connectivity index (χ2n) is 5.08. The zero-order valence-corrected chi connectivity index (χ0v) is 14.1. The van der Waals surface area contributed by atoms with E-state index in [-0.39, 0.29) is 0 Å². The van der Waals surface area contributed by atoms with E-state index in [2.05, 4.69) is 9.71 Å². The predicted octanol–water partition coefficient (Wildman–Crippen LogP) is 3.52. The highest BCUT2D eigenvalue weighted by atomic mass is 32.2. The molecule has 2 aromatic heterocycles. The van der Waals surface area contributed by atoms with E-state index in [1.807, 2.05) is 55.5 Å². The maximum Gasteiger partial charge on any atom is 0.250 e. The molecule has 0 aliphatic heterocycles. The van der Waals surface area contributed by atoms with E-state index in [1.165, 1.54) is 11.3 Å². The maximum atomic E-state index is 12.7. The lowest BCUT2D eigenvalue weighted by Crippen LogP contribution is -2.29. The summed E-state index contributed by atoms with van der Waals surface area (Å²) in [7, 11) is -3.61. The standard InChI is InChI=1S/C17H16N2O2S2/c1-13-10-11-16(22-13)23(20,21)19-17(14-7-3-2-4-8-14)15-9-5-6-12-18-15/h2-12,17,19H,1H3/t17-/m0/s1. The van der Waals surface area contributed by atoms with E-state index in [1.54, 1.807) is 18.3 Å². The summed E-state index contributed by atoms with van der Waals surface area (Å²) < 4.78 is 28.4. The van der Waals surface area contributed by atoms with Crippen molar-refractivity contribution in [1.29, 1.82) is 0 Å². The third kappa shape index (κ3) is 3.67. The van der Waals surface area contributed by atoms with Gasteiger partial charge in [-0.05, 0) is 36.8 Å². The van der Waals surface area contributed by atoms with Gasteiger partial charge in [-0.15, -0.1) is 11.3 Å². The number of rotatable bonds is 5. The summed E-state index contributed by atoms with van der Waals surface area (Å²) in [6.45, 7) is 1.89. The lowest BCUT2D eigenvalue weighted by atomic mass is 10.0. The SMILES string of the molecule is Cc1ccc(S(=O)(=O)N[C@@H](c2ccccc2)c2ccccn2)s1. The smallest absolute Gasteiger partial charge is 0.250 e. The predicted molar refractivity (Wildman–Crippen MR) is 91.9 cm³/mol. The maximum absolute atomic E-state index is 12.7. The Labute approximate surface area is 139 Å². The van der Waals surface area contributed by atoms with Crippen LogP contribution in [-0.4, -0.2) is 13.4 Å². The fraction of sp³-hybridized carbons (Fsp3) is 0.118. The Morgan fingerprint density at radius 3 is 2.35 bits per heavy atom. The van der Waals surface area contributed by atoms with Gasteiger partial charge in [0.2, 0.25) is 0 Å². The highest BCUT2D eigenvalue weighted by molar-refractivity contribution is 7.91. The number of pyridine rings is 1. The minimum atomic E-state index is -3.61. The molecule has 4 nitrogen and oxygen atoms in total. The van der Waals surface area contributed by atoms with Gasteiger partial charge in [-0.2, -0.15) is 4.72 Å². The third-order valence-electron chi connectivity index (χ3n) is 3.37. The molecule has 3 aromatic rings. The summed E-state index contributed by atoms with van der Waals surface area (Å²) in [6, 6.07) is 17.8. The van der Waals surface area contributed by atoms with Crippen LogP contribution in [0.5, 0.6) is 0 Å². The van der Waals surface area contributed by atoms with Gasteiger partial charge in [0, 0.05) is 11.1 Å². The van der Waals surface area contributed by atoms with Crippen LogP contribution in [0.15, 0.2) is 71.1 Å². The fourth-order valence-electron chi connectivity index (χ4n) is 2.26. The van der Waals surface area contributed by atoms with E-state index in [9.17, 15) is 8.42 Å². The van der Waals surface area contributed by atoms with Crippen LogP contribution in [0.4, 0.5) is 0 Å². The molecule has 118 valence electrons. The average molecular weight is 344 g/mol. The van der Waals surface area contributed by atoms with Crippen molar-refractivity contribution in [1.82, 2.24) is 9.71 Å². The molecule has 0 bridgehead atoms. The molecular formula is C17H16N2O2S2. The summed E-state index contributed by atoms with van der Waals surface area (Å²) in [4.78, 5) is 5.27. The van der Waals surface area contributed by atoms with Crippen molar-refractivity contribution < 1.29 is 8.42 Å². The Morgan fingerprint density at radius 2 is 1.74 bits per heavy atom. The Hall–Kier alpha value is -2.02. The first kappa shape index (κ1) is 15.9. The average Bonchev–Trinajstić information content (AvgIpc) is 3.02. The number of hydrogen-bond donors (Lipinski definition) is 1. The number of nitrogens with one attached hydrogen (secondary N) is 1. The highest BCUT2D eigenvalue weighted by Gasteiger charge is 2.24. The van der Waals surface area contributed by atoms with Crippen molar-refractivity contribution in [2.24, 2.45) is 0 Å². The number of hydrogen-bond acceptors (Lipinski definition) is 4. The van der Waals surface area contributed by atoms with Gasteiger partial charge in [0.15, 0.2) is 0 Å². The minimum Gasteiger partial charge on any atom is -0.259 e. The molecule has 1 atom stereocenters. The lowest BCUT2D eigenvalue weighted by molar-refractivity contribution is 0.572. The van der Waals surface area contributed by atoms with Gasteiger partial charge in [0.1, 0.15) is 4.21 Å². The molecular weight excluding hydrogens is 328 g/mol. The fourth-order valence-corrected chi connectivity index (χ4v) is 4.76. The Balaban J connectivity index is 2.00. The van der Waals surface area contributed by atoms with Crippen molar-refractivity contribution >= 4 is 21.4 Å². The molecule has 0 saturated carbocycles. The second kappa shape index (κ2) is 6.62. The van der Waals surface area contributed by atoms with E-state index in [4.69, 9.17) is 0 Å². The number of aromatic nitrogens is 1. The molecule has 0 aliphatic rings. The van der Waals surface area contributed by atoms with Crippen LogP contribution in [0.25, 0.3) is 0 Å². The van der Waals surface area contributed by atoms with Gasteiger partial charge < -0.3 is 0 Å². The molecule has 0 fully saturated rings. The van der Waals surface area contributed by atoms with Crippen LogP contribution in [-0.2, 0) is 10.0 Å². The minimum absolute atomic E-state index is 0.312. The normalized spacial score (nSPS) is 12.9. The quantitative estimate of drug-likeness (QED) is 0.770. The number of thiophene rings is 1. The van der Waals surface area contributed by atoms with Crippen molar-refractivity contribution in [2.75, 3.05) is 0 Å². The van der Waals surface area contributed by atoms with E-state index in [0.717, 1.165) is 10.4 Å². The molecule has 0 unspecified atom stereocenters. The van der Waals surface area contributed by atoms with Crippen LogP contribution in [0.3, 0.4) is 0 Å².